The number of rotatable bonds is 11. The first-order chi connectivity index (χ1) is 31.6. The summed E-state index contributed by atoms with van der Waals surface area (Å²) in [5.74, 6) is 2.55. The molecule has 0 bridgehead atoms. The molecule has 0 aliphatic carbocycles. The van der Waals surface area contributed by atoms with Gasteiger partial charge >= 0.3 is 7.60 Å². The van der Waals surface area contributed by atoms with Crippen molar-refractivity contribution in [3.05, 3.63) is 11.6 Å². The van der Waals surface area contributed by atoms with Gasteiger partial charge in [-0.2, -0.15) is 18.3 Å². The second-order valence-electron chi connectivity index (χ2n) is 26.8. The highest BCUT2D eigenvalue weighted by molar-refractivity contribution is 7.85. The van der Waals surface area contributed by atoms with E-state index in [4.69, 9.17) is 19.4 Å². The van der Waals surface area contributed by atoms with Gasteiger partial charge in [0.2, 0.25) is 0 Å². The average molecular weight is 1060 g/mol. The van der Waals surface area contributed by atoms with Crippen LogP contribution >= 0.6 is 7.60 Å². The van der Waals surface area contributed by atoms with Crippen LogP contribution in [0, 0.1) is 37.9 Å². The van der Waals surface area contributed by atoms with Crippen LogP contribution < -0.4 is 0 Å². The Kier molecular flexibility index (Phi) is 33.4. The molecule has 4 N–H and O–H groups in total. The normalized spacial score (nSPS) is 13.0. The van der Waals surface area contributed by atoms with Crippen LogP contribution in [0.3, 0.4) is 0 Å². The van der Waals surface area contributed by atoms with Gasteiger partial charge in [0.1, 0.15) is 24.7 Å². The minimum atomic E-state index is -3.79. The van der Waals surface area contributed by atoms with E-state index in [-0.39, 0.29) is 87.2 Å². The molecule has 0 saturated carbocycles. The number of tetrazole rings is 2. The number of hydrogen-bond acceptors (Lipinski definition) is 16. The molecule has 0 saturated heterocycles. The van der Waals surface area contributed by atoms with Gasteiger partial charge in [-0.25, -0.2) is 9.67 Å². The fraction of sp³-hybridized carbons (Fsp3) is 0.875. The van der Waals surface area contributed by atoms with Crippen molar-refractivity contribution in [2.45, 2.75) is 218 Å². The molecule has 0 radical (unpaired) electrons. The van der Waals surface area contributed by atoms with Crippen molar-refractivity contribution < 1.29 is 46.7 Å². The topological polar surface area (TPSA) is 308 Å². The number of aromatic nitrogens is 8. The van der Waals surface area contributed by atoms with Crippen molar-refractivity contribution in [1.82, 2.24) is 40.4 Å². The predicted molar refractivity (Wildman–Crippen MR) is 290 cm³/mol. The van der Waals surface area contributed by atoms with Crippen LogP contribution in [0.2, 0.25) is 13.1 Å². The van der Waals surface area contributed by atoms with Crippen LogP contribution in [-0.2, 0) is 55.0 Å². The minimum Gasteiger partial charge on any atom is -0.451 e. The van der Waals surface area contributed by atoms with Crippen molar-refractivity contribution >= 4 is 47.8 Å². The van der Waals surface area contributed by atoms with Gasteiger partial charge in [-0.05, 0) is 80.6 Å². The molecule has 72 heavy (non-hydrogen) atoms. The largest absolute Gasteiger partial charge is 0.451 e. The fourth-order valence-electron chi connectivity index (χ4n) is 5.87. The van der Waals surface area contributed by atoms with Crippen molar-refractivity contribution in [3.63, 3.8) is 0 Å². The number of carbonyl (C=O) groups is 3. The van der Waals surface area contributed by atoms with Gasteiger partial charge in [0.05, 0.1) is 11.9 Å². The highest BCUT2D eigenvalue weighted by Crippen LogP contribution is 2.41. The van der Waals surface area contributed by atoms with Crippen LogP contribution in [0.1, 0.15) is 191 Å². The quantitative estimate of drug-likeness (QED) is 0.0924. The zero-order valence-electron chi connectivity index (χ0n) is 49.2. The number of hydrogen-bond donors (Lipinski definition) is 4. The van der Waals surface area contributed by atoms with Crippen LogP contribution in [0.25, 0.3) is 0 Å². The first-order valence-electron chi connectivity index (χ1n) is 24.2. The number of amidine groups is 1. The van der Waals surface area contributed by atoms with Crippen molar-refractivity contribution in [2.24, 2.45) is 53.1 Å². The van der Waals surface area contributed by atoms with Gasteiger partial charge in [-0.3, -0.25) is 18.7 Å². The third kappa shape index (κ3) is 62.6. The highest BCUT2D eigenvalue weighted by atomic mass is 32.2. The van der Waals surface area contributed by atoms with Crippen LogP contribution in [-0.4, -0.2) is 117 Å². The molecule has 3 rings (SSSR count). The maximum Gasteiger partial charge on any atom is 0.326 e. The number of carbonyl (C=O) groups excluding carboxylic acids is 3. The molecule has 2 aromatic heterocycles. The fourth-order valence-corrected chi connectivity index (χ4v) is 8.20. The Morgan fingerprint density at radius 3 is 1.36 bits per heavy atom. The Balaban J connectivity index is -0.000000380. The smallest absolute Gasteiger partial charge is 0.326 e. The lowest BCUT2D eigenvalue weighted by Gasteiger charge is -2.17. The maximum atomic E-state index is 10.9. The number of ketones is 3. The van der Waals surface area contributed by atoms with Crippen LogP contribution in [0.4, 0.5) is 0 Å². The Morgan fingerprint density at radius 1 is 0.639 bits per heavy atom. The second kappa shape index (κ2) is 32.1. The van der Waals surface area contributed by atoms with Gasteiger partial charge in [-0.1, -0.05) is 152 Å². The number of nitrogens with zero attached hydrogens (tertiary/aromatic N) is 11. The summed E-state index contributed by atoms with van der Waals surface area (Å²) < 4.78 is 40.6. The van der Waals surface area contributed by atoms with Gasteiger partial charge < -0.3 is 19.6 Å². The van der Waals surface area contributed by atoms with E-state index in [1.165, 1.54) is 18.6 Å². The molecule has 0 atom stereocenters. The summed E-state index contributed by atoms with van der Waals surface area (Å²) in [7, 11) is -7.57. The summed E-state index contributed by atoms with van der Waals surface area (Å²) >= 11 is 0. The highest BCUT2D eigenvalue weighted by Gasteiger charge is 2.24. The Hall–Kier alpha value is -3.50. The van der Waals surface area contributed by atoms with E-state index < -0.39 is 17.7 Å². The van der Waals surface area contributed by atoms with E-state index in [0.29, 0.717) is 18.9 Å². The maximum absolute atomic E-state index is 10.9. The molecular formula is C48H99BN11O10PS. The molecule has 2 aromatic rings. The molecule has 0 amide bonds. The molecule has 0 unspecified atom stereocenters. The zero-order chi connectivity index (χ0) is 58.1. The lowest BCUT2D eigenvalue weighted by Crippen LogP contribution is -2.19. The second-order valence-corrected chi connectivity index (χ2v) is 29.9. The predicted octanol–water partition coefficient (Wildman–Crippen LogP) is 9.73. The summed E-state index contributed by atoms with van der Waals surface area (Å²) in [6.45, 7) is 49.7. The minimum absolute atomic E-state index is 0.0321. The summed E-state index contributed by atoms with van der Waals surface area (Å²) in [6, 6.07) is 0. The lowest BCUT2D eigenvalue weighted by atomic mass is 9.60. The van der Waals surface area contributed by atoms with E-state index in [2.05, 4.69) is 150 Å². The number of Topliss-reactive ketones (excluding diaryl/α,β-unsaturated/α-hetero) is 3. The summed E-state index contributed by atoms with van der Waals surface area (Å²) in [6.07, 6.45) is 3.99. The summed E-state index contributed by atoms with van der Waals surface area (Å²) in [4.78, 5) is 54.5. The third-order valence-electron chi connectivity index (χ3n) is 7.39. The average Bonchev–Trinajstić information content (AvgIpc) is 3.78. The molecule has 24 heteroatoms. The monoisotopic (exact) mass is 1060 g/mol. The van der Waals surface area contributed by atoms with Crippen molar-refractivity contribution in [3.8, 4) is 0 Å². The first kappa shape index (κ1) is 75.0. The molecule has 21 nitrogen and oxygen atoms in total. The van der Waals surface area contributed by atoms with E-state index >= 15 is 0 Å². The Bertz CT molecular complexity index is 2100. The first-order valence-corrected chi connectivity index (χ1v) is 27.6. The van der Waals surface area contributed by atoms with Gasteiger partial charge in [0.25, 0.3) is 17.0 Å². The number of aliphatic imine (C=N–C) groups is 1. The molecule has 0 aromatic carbocycles. The van der Waals surface area contributed by atoms with E-state index in [0.717, 1.165) is 37.2 Å². The number of azo groups is 1. The Labute approximate surface area is 434 Å². The van der Waals surface area contributed by atoms with Gasteiger partial charge in [0.15, 0.2) is 29.9 Å². The molecular weight excluding hydrogens is 964 g/mol. The van der Waals surface area contributed by atoms with Crippen molar-refractivity contribution in [2.75, 3.05) is 18.6 Å². The van der Waals surface area contributed by atoms with E-state index in [1.54, 1.807) is 53.1 Å². The van der Waals surface area contributed by atoms with Gasteiger partial charge in [-0.15, -0.1) is 20.4 Å². The summed E-state index contributed by atoms with van der Waals surface area (Å²) in [5.41, 5.74) is 0.363. The molecule has 420 valence electrons. The molecule has 1 aliphatic heterocycles. The third-order valence-corrected chi connectivity index (χ3v) is 9.98. The lowest BCUT2D eigenvalue weighted by molar-refractivity contribution is -0.119. The molecule has 3 heterocycles. The zero-order valence-corrected chi connectivity index (χ0v) is 50.9. The van der Waals surface area contributed by atoms with E-state index in [1.807, 2.05) is 6.82 Å². The SMILES string of the molecule is CB(O)CC(C)(C)C.CC(=O)CC(C)(C)C.CC(=O)Cn1nnc(CC(C)(C)C)n1.CC(=O)Cn1nnnc1CC(C)(C)C.CC(C)(C)CC1=NCN=N1.CC(C)(C)CP(=O)(O)O.CC(C)(C)CS(=O)(=O)O. The summed E-state index contributed by atoms with van der Waals surface area (Å²) in [5, 5.41) is 39.6. The van der Waals surface area contributed by atoms with Gasteiger partial charge in [0, 0.05) is 25.7 Å². The Morgan fingerprint density at radius 2 is 1.11 bits per heavy atom. The van der Waals surface area contributed by atoms with Crippen LogP contribution in [0.5, 0.6) is 0 Å². The molecule has 1 aliphatic rings. The van der Waals surface area contributed by atoms with E-state index in [9.17, 15) is 27.4 Å². The molecule has 0 spiro atoms. The van der Waals surface area contributed by atoms with Crippen LogP contribution in [0.15, 0.2) is 15.2 Å². The van der Waals surface area contributed by atoms with Crippen molar-refractivity contribution in [1.29, 1.82) is 0 Å². The standard InChI is InChI=1S/2C9H16N4O.C7H13N3.C7H14O.C6H15BO.C5H13O3P.C5H12O3S/c1-7(14)6-13-8(10-11-12-13)5-9(2,3)4;1-7(14)6-13-11-8(10-12-13)5-9(2,3)4;1-7(2,3)4-6-8-5-9-10-6;1-6(8)5-7(2,3)4;1-6(2,3)5-7(4)8;2*1-5(2,3)4-9(6,7)8/h2*5-6H2,1-4H3;4-5H2,1-3H3;5H2,1-4H3;8H,5H2,1-4H3;4H2,1-3H3,(H2,6,7,8);4H2,1-3H3,(H,6,7,8). The molecule has 0 fully saturated rings.